The molecular formula is C13H22N2. The zero-order chi connectivity index (χ0) is 10.8. The average Bonchev–Trinajstić information content (AvgIpc) is 2.66. The molecule has 0 fully saturated rings. The van der Waals surface area contributed by atoms with Gasteiger partial charge in [0.05, 0.1) is 0 Å². The van der Waals surface area contributed by atoms with Crippen molar-refractivity contribution in [1.82, 2.24) is 9.88 Å². The monoisotopic (exact) mass is 206 g/mol. The molecular weight excluding hydrogens is 184 g/mol. The van der Waals surface area contributed by atoms with Gasteiger partial charge in [0.15, 0.2) is 0 Å². The lowest BCUT2D eigenvalue weighted by atomic mass is 9.91. The molecule has 0 aromatic carbocycles. The van der Waals surface area contributed by atoms with E-state index in [9.17, 15) is 0 Å². The van der Waals surface area contributed by atoms with E-state index in [4.69, 9.17) is 0 Å². The number of nitrogens with zero attached hydrogens (tertiary/aromatic N) is 1. The van der Waals surface area contributed by atoms with Crippen LogP contribution in [-0.4, -0.2) is 22.5 Å². The van der Waals surface area contributed by atoms with Crippen molar-refractivity contribution < 1.29 is 0 Å². The van der Waals surface area contributed by atoms with Crippen LogP contribution in [0.1, 0.15) is 50.9 Å². The molecule has 1 aliphatic rings. The van der Waals surface area contributed by atoms with Crippen LogP contribution in [0.2, 0.25) is 0 Å². The number of aromatic nitrogens is 1. The van der Waals surface area contributed by atoms with Gasteiger partial charge < -0.3 is 4.98 Å². The van der Waals surface area contributed by atoms with Crippen LogP contribution >= 0.6 is 0 Å². The van der Waals surface area contributed by atoms with Gasteiger partial charge in [-0.1, -0.05) is 20.3 Å². The number of nitrogens with one attached hydrogen (secondary N) is 1. The summed E-state index contributed by atoms with van der Waals surface area (Å²) < 4.78 is 0. The maximum absolute atomic E-state index is 3.39. The highest BCUT2D eigenvalue weighted by Gasteiger charge is 2.30. The Labute approximate surface area is 92.7 Å². The Morgan fingerprint density at radius 1 is 1.47 bits per heavy atom. The first-order chi connectivity index (χ1) is 7.27. The van der Waals surface area contributed by atoms with Gasteiger partial charge in [0.2, 0.25) is 0 Å². The fraction of sp³-hybridized carbons (Fsp3) is 0.692. The van der Waals surface area contributed by atoms with E-state index in [-0.39, 0.29) is 0 Å². The summed E-state index contributed by atoms with van der Waals surface area (Å²) in [5, 5.41) is 0. The van der Waals surface area contributed by atoms with Crippen molar-refractivity contribution in [3.63, 3.8) is 0 Å². The maximum Gasteiger partial charge on any atom is 0.0368 e. The van der Waals surface area contributed by atoms with Crippen molar-refractivity contribution >= 4 is 0 Å². The zero-order valence-corrected chi connectivity index (χ0v) is 10.1. The van der Waals surface area contributed by atoms with E-state index in [1.807, 2.05) is 0 Å². The molecule has 1 aromatic rings. The topological polar surface area (TPSA) is 19.0 Å². The molecule has 84 valence electrons. The Kier molecular flexibility index (Phi) is 3.15. The standard InChI is InChI=1S/C13H22N2/c1-4-6-13-11-7-8-14-12(11)9-10(3)15(13)5-2/h7-8,10,13-14H,4-6,9H2,1-3H3/t10-,13+/m0/s1. The van der Waals surface area contributed by atoms with E-state index in [0.717, 1.165) is 6.54 Å². The highest BCUT2D eigenvalue weighted by Crippen LogP contribution is 2.35. The molecule has 1 aliphatic heterocycles. The third-order valence-corrected chi connectivity index (χ3v) is 3.62. The van der Waals surface area contributed by atoms with Gasteiger partial charge in [-0.3, -0.25) is 4.90 Å². The molecule has 0 saturated heterocycles. The number of hydrogen-bond acceptors (Lipinski definition) is 1. The Balaban J connectivity index is 2.30. The van der Waals surface area contributed by atoms with Gasteiger partial charge in [-0.25, -0.2) is 0 Å². The normalized spacial score (nSPS) is 26.6. The second-order valence-electron chi connectivity index (χ2n) is 4.60. The van der Waals surface area contributed by atoms with Crippen molar-refractivity contribution in [3.8, 4) is 0 Å². The number of H-pyrrole nitrogens is 1. The summed E-state index contributed by atoms with van der Waals surface area (Å²) in [6.07, 6.45) is 5.82. The van der Waals surface area contributed by atoms with Gasteiger partial charge in [0, 0.05) is 30.4 Å². The van der Waals surface area contributed by atoms with Crippen molar-refractivity contribution in [1.29, 1.82) is 0 Å². The van der Waals surface area contributed by atoms with E-state index in [1.165, 1.54) is 30.5 Å². The lowest BCUT2D eigenvalue weighted by molar-refractivity contribution is 0.127. The van der Waals surface area contributed by atoms with Crippen molar-refractivity contribution in [2.45, 2.75) is 52.1 Å². The number of rotatable bonds is 3. The molecule has 0 aliphatic carbocycles. The molecule has 0 amide bonds. The third kappa shape index (κ3) is 1.83. The number of hydrogen-bond donors (Lipinski definition) is 1. The summed E-state index contributed by atoms with van der Waals surface area (Å²) >= 11 is 0. The van der Waals surface area contributed by atoms with Gasteiger partial charge in [-0.15, -0.1) is 0 Å². The highest BCUT2D eigenvalue weighted by molar-refractivity contribution is 5.28. The number of fused-ring (bicyclic) bond motifs is 1. The smallest absolute Gasteiger partial charge is 0.0368 e. The fourth-order valence-electron chi connectivity index (χ4n) is 2.93. The van der Waals surface area contributed by atoms with Crippen molar-refractivity contribution in [2.75, 3.05) is 6.54 Å². The van der Waals surface area contributed by atoms with Crippen LogP contribution in [0, 0.1) is 0 Å². The van der Waals surface area contributed by atoms with Crippen LogP contribution < -0.4 is 0 Å². The second-order valence-corrected chi connectivity index (χ2v) is 4.60. The first-order valence-electron chi connectivity index (χ1n) is 6.19. The third-order valence-electron chi connectivity index (χ3n) is 3.62. The van der Waals surface area contributed by atoms with Gasteiger partial charge in [0.25, 0.3) is 0 Å². The highest BCUT2D eigenvalue weighted by atomic mass is 15.2. The number of likely N-dealkylation sites (N-methyl/N-ethyl adjacent to an activating group) is 1. The molecule has 1 N–H and O–H groups in total. The quantitative estimate of drug-likeness (QED) is 0.805. The van der Waals surface area contributed by atoms with Crippen LogP contribution in [0.25, 0.3) is 0 Å². The lowest BCUT2D eigenvalue weighted by Gasteiger charge is -2.40. The molecule has 2 heterocycles. The Morgan fingerprint density at radius 3 is 2.93 bits per heavy atom. The molecule has 2 atom stereocenters. The molecule has 2 rings (SSSR count). The van der Waals surface area contributed by atoms with E-state index in [2.05, 4.69) is 42.9 Å². The Hall–Kier alpha value is -0.760. The van der Waals surface area contributed by atoms with E-state index in [0.29, 0.717) is 12.1 Å². The summed E-state index contributed by atoms with van der Waals surface area (Å²) in [6.45, 7) is 8.06. The van der Waals surface area contributed by atoms with Gasteiger partial charge >= 0.3 is 0 Å². The summed E-state index contributed by atoms with van der Waals surface area (Å²) in [7, 11) is 0. The summed E-state index contributed by atoms with van der Waals surface area (Å²) in [6, 6.07) is 3.59. The first-order valence-corrected chi connectivity index (χ1v) is 6.19. The molecule has 0 saturated carbocycles. The maximum atomic E-state index is 3.39. The van der Waals surface area contributed by atoms with Crippen molar-refractivity contribution in [2.24, 2.45) is 0 Å². The first kappa shape index (κ1) is 10.7. The molecule has 15 heavy (non-hydrogen) atoms. The van der Waals surface area contributed by atoms with Crippen LogP contribution in [0.15, 0.2) is 12.3 Å². The van der Waals surface area contributed by atoms with E-state index >= 15 is 0 Å². The zero-order valence-electron chi connectivity index (χ0n) is 10.1. The molecule has 0 spiro atoms. The minimum absolute atomic E-state index is 0.644. The molecule has 0 unspecified atom stereocenters. The molecule has 2 nitrogen and oxygen atoms in total. The SMILES string of the molecule is CCC[C@@H]1c2cc[nH]c2C[C@H](C)N1CC. The fourth-order valence-corrected chi connectivity index (χ4v) is 2.93. The van der Waals surface area contributed by atoms with Crippen LogP contribution in [0.5, 0.6) is 0 Å². The summed E-state index contributed by atoms with van der Waals surface area (Å²) in [5.41, 5.74) is 3.00. The molecule has 0 radical (unpaired) electrons. The van der Waals surface area contributed by atoms with Gasteiger partial charge in [0.1, 0.15) is 0 Å². The van der Waals surface area contributed by atoms with Crippen LogP contribution in [0.4, 0.5) is 0 Å². The summed E-state index contributed by atoms with van der Waals surface area (Å²) in [5.74, 6) is 0. The Morgan fingerprint density at radius 2 is 2.27 bits per heavy atom. The summed E-state index contributed by atoms with van der Waals surface area (Å²) in [4.78, 5) is 6.03. The largest absolute Gasteiger partial charge is 0.365 e. The van der Waals surface area contributed by atoms with E-state index in [1.54, 1.807) is 0 Å². The van der Waals surface area contributed by atoms with Crippen molar-refractivity contribution in [3.05, 3.63) is 23.5 Å². The van der Waals surface area contributed by atoms with Gasteiger partial charge in [-0.05, 0) is 31.5 Å². The Bertz CT molecular complexity index is 316. The predicted octanol–water partition coefficient (Wildman–Crippen LogP) is 3.12. The van der Waals surface area contributed by atoms with E-state index < -0.39 is 0 Å². The minimum Gasteiger partial charge on any atom is -0.365 e. The average molecular weight is 206 g/mol. The molecule has 2 heteroatoms. The van der Waals surface area contributed by atoms with Crippen LogP contribution in [0.3, 0.4) is 0 Å². The second kappa shape index (κ2) is 4.40. The predicted molar refractivity (Wildman–Crippen MR) is 64.0 cm³/mol. The lowest BCUT2D eigenvalue weighted by Crippen LogP contribution is -2.41. The minimum atomic E-state index is 0.644. The number of aromatic amines is 1. The van der Waals surface area contributed by atoms with Crippen LogP contribution in [-0.2, 0) is 6.42 Å². The molecule has 1 aromatic heterocycles. The van der Waals surface area contributed by atoms with Gasteiger partial charge in [-0.2, -0.15) is 0 Å². The molecule has 0 bridgehead atoms.